The summed E-state index contributed by atoms with van der Waals surface area (Å²) in [5.41, 5.74) is 1.78. The van der Waals surface area contributed by atoms with Gasteiger partial charge >= 0.3 is 5.97 Å². The van der Waals surface area contributed by atoms with Crippen LogP contribution >= 0.6 is 0 Å². The lowest BCUT2D eigenvalue weighted by Gasteiger charge is -2.13. The second-order valence-electron chi connectivity index (χ2n) is 4.99. The van der Waals surface area contributed by atoms with Crippen molar-refractivity contribution in [1.82, 2.24) is 0 Å². The highest BCUT2D eigenvalue weighted by Gasteiger charge is 2.36. The number of aryl methyl sites for hydroxylation is 1. The van der Waals surface area contributed by atoms with E-state index >= 15 is 0 Å². The lowest BCUT2D eigenvalue weighted by atomic mass is 9.90. The fourth-order valence-electron chi connectivity index (χ4n) is 2.44. The van der Waals surface area contributed by atoms with E-state index in [2.05, 4.69) is 0 Å². The third kappa shape index (κ3) is 2.27. The maximum Gasteiger partial charge on any atom is 0.306 e. The van der Waals surface area contributed by atoms with Crippen molar-refractivity contribution >= 4 is 15.8 Å². The maximum absolute atomic E-state index is 12.0. The minimum absolute atomic E-state index is 0.0312. The van der Waals surface area contributed by atoms with E-state index in [1.807, 2.05) is 13.0 Å². The monoisotopic (exact) mass is 268 g/mol. The molecule has 0 amide bonds. The number of hydrogen-bond donors (Lipinski definition) is 1. The summed E-state index contributed by atoms with van der Waals surface area (Å²) in [4.78, 5) is 11.2. The van der Waals surface area contributed by atoms with Crippen molar-refractivity contribution in [3.63, 3.8) is 0 Å². The van der Waals surface area contributed by atoms with E-state index in [0.29, 0.717) is 11.3 Å². The van der Waals surface area contributed by atoms with Gasteiger partial charge < -0.3 is 5.11 Å². The maximum atomic E-state index is 12.0. The summed E-state index contributed by atoms with van der Waals surface area (Å²) in [7, 11) is -3.24. The van der Waals surface area contributed by atoms with Crippen LogP contribution < -0.4 is 0 Å². The van der Waals surface area contributed by atoms with E-state index in [1.54, 1.807) is 19.1 Å². The van der Waals surface area contributed by atoms with Crippen LogP contribution in [0.25, 0.3) is 0 Å². The number of carboxylic acid groups (broad SMARTS) is 1. The molecule has 0 saturated heterocycles. The molecule has 0 bridgehead atoms. The molecule has 0 aliphatic carbocycles. The largest absolute Gasteiger partial charge is 0.481 e. The minimum Gasteiger partial charge on any atom is -0.481 e. The van der Waals surface area contributed by atoms with Crippen LogP contribution in [0.1, 0.15) is 30.4 Å². The van der Waals surface area contributed by atoms with E-state index in [4.69, 9.17) is 5.11 Å². The van der Waals surface area contributed by atoms with E-state index in [1.165, 1.54) is 0 Å². The molecule has 1 aliphatic rings. The van der Waals surface area contributed by atoms with Gasteiger partial charge in [-0.05, 0) is 25.0 Å². The molecule has 1 aliphatic heterocycles. The highest BCUT2D eigenvalue weighted by molar-refractivity contribution is 7.91. The standard InChI is InChI=1S/C13H16O4S/c1-8-3-4-12-11(5-8)10(7-18(12,16)17)6-9(2)13(14)15/h3-5,9-10H,6-7H2,1-2H3,(H,14,15). The molecule has 4 nitrogen and oxygen atoms in total. The first-order valence-electron chi connectivity index (χ1n) is 5.87. The molecule has 0 radical (unpaired) electrons. The third-order valence-electron chi connectivity index (χ3n) is 3.42. The molecule has 1 aromatic rings. The Kier molecular flexibility index (Phi) is 3.19. The van der Waals surface area contributed by atoms with Crippen molar-refractivity contribution in [2.45, 2.75) is 31.1 Å². The highest BCUT2D eigenvalue weighted by atomic mass is 32.2. The van der Waals surface area contributed by atoms with Crippen LogP contribution in [0.2, 0.25) is 0 Å². The van der Waals surface area contributed by atoms with Crippen LogP contribution in [0.15, 0.2) is 23.1 Å². The van der Waals surface area contributed by atoms with Gasteiger partial charge in [-0.15, -0.1) is 0 Å². The van der Waals surface area contributed by atoms with E-state index < -0.39 is 21.7 Å². The number of rotatable bonds is 3. The number of carbonyl (C=O) groups is 1. The molecular formula is C13H16O4S. The van der Waals surface area contributed by atoms with Crippen LogP contribution in [0, 0.1) is 12.8 Å². The van der Waals surface area contributed by atoms with E-state index in [-0.39, 0.29) is 11.7 Å². The lowest BCUT2D eigenvalue weighted by molar-refractivity contribution is -0.141. The number of sulfone groups is 1. The van der Waals surface area contributed by atoms with E-state index in [9.17, 15) is 13.2 Å². The number of benzene rings is 1. The van der Waals surface area contributed by atoms with Crippen molar-refractivity contribution in [2.75, 3.05) is 5.75 Å². The van der Waals surface area contributed by atoms with Crippen LogP contribution in [0.3, 0.4) is 0 Å². The third-order valence-corrected chi connectivity index (χ3v) is 5.30. The first-order chi connectivity index (χ1) is 8.31. The summed E-state index contributed by atoms with van der Waals surface area (Å²) in [6.45, 7) is 3.52. The Morgan fingerprint density at radius 3 is 2.78 bits per heavy atom. The molecule has 0 spiro atoms. The van der Waals surface area contributed by atoms with Gasteiger partial charge in [-0.25, -0.2) is 8.42 Å². The average Bonchev–Trinajstić information content (AvgIpc) is 2.50. The quantitative estimate of drug-likeness (QED) is 0.909. The Bertz CT molecular complexity index is 589. The molecule has 0 fully saturated rings. The van der Waals surface area contributed by atoms with Gasteiger partial charge in [0.05, 0.1) is 16.6 Å². The molecule has 98 valence electrons. The van der Waals surface area contributed by atoms with Crippen molar-refractivity contribution in [3.8, 4) is 0 Å². The summed E-state index contributed by atoms with van der Waals surface area (Å²) in [6.07, 6.45) is 0.366. The van der Waals surface area contributed by atoms with Crippen LogP contribution in [-0.4, -0.2) is 25.2 Å². The predicted molar refractivity (Wildman–Crippen MR) is 67.4 cm³/mol. The Labute approximate surface area is 107 Å². The van der Waals surface area contributed by atoms with Crippen molar-refractivity contribution in [2.24, 2.45) is 5.92 Å². The Morgan fingerprint density at radius 2 is 2.17 bits per heavy atom. The van der Waals surface area contributed by atoms with Crippen LogP contribution in [-0.2, 0) is 14.6 Å². The molecule has 2 rings (SSSR count). The fourth-order valence-corrected chi connectivity index (χ4v) is 4.32. The minimum atomic E-state index is -3.24. The molecule has 5 heteroatoms. The number of hydrogen-bond acceptors (Lipinski definition) is 3. The van der Waals surface area contributed by atoms with Gasteiger partial charge in [-0.3, -0.25) is 4.79 Å². The molecule has 2 atom stereocenters. The van der Waals surface area contributed by atoms with Crippen LogP contribution in [0.5, 0.6) is 0 Å². The second-order valence-corrected chi connectivity index (χ2v) is 7.00. The van der Waals surface area contributed by atoms with Crippen molar-refractivity contribution in [3.05, 3.63) is 29.3 Å². The first kappa shape index (κ1) is 13.1. The van der Waals surface area contributed by atoms with Gasteiger partial charge in [0.2, 0.25) is 0 Å². The summed E-state index contributed by atoms with van der Waals surface area (Å²) in [5, 5.41) is 8.93. The number of aliphatic carboxylic acids is 1. The first-order valence-corrected chi connectivity index (χ1v) is 7.52. The van der Waals surface area contributed by atoms with Gasteiger partial charge in [-0.2, -0.15) is 0 Å². The fraction of sp³-hybridized carbons (Fsp3) is 0.462. The molecule has 2 unspecified atom stereocenters. The highest BCUT2D eigenvalue weighted by Crippen LogP contribution is 2.39. The Hall–Kier alpha value is -1.36. The Morgan fingerprint density at radius 1 is 1.50 bits per heavy atom. The SMILES string of the molecule is Cc1ccc2c(c1)C(CC(C)C(=O)O)CS2(=O)=O. The summed E-state index contributed by atoms with van der Waals surface area (Å²) >= 11 is 0. The lowest BCUT2D eigenvalue weighted by Crippen LogP contribution is -2.15. The second kappa shape index (κ2) is 4.39. The predicted octanol–water partition coefficient (Wildman–Crippen LogP) is 1.98. The summed E-state index contributed by atoms with van der Waals surface area (Å²) in [5.74, 6) is -1.58. The van der Waals surface area contributed by atoms with Gasteiger partial charge in [-0.1, -0.05) is 24.6 Å². The zero-order valence-corrected chi connectivity index (χ0v) is 11.2. The number of carboxylic acids is 1. The van der Waals surface area contributed by atoms with Crippen LogP contribution in [0.4, 0.5) is 0 Å². The molecule has 1 aromatic carbocycles. The van der Waals surface area contributed by atoms with Gasteiger partial charge in [0.15, 0.2) is 9.84 Å². The van der Waals surface area contributed by atoms with E-state index in [0.717, 1.165) is 11.1 Å². The van der Waals surface area contributed by atoms with Crippen molar-refractivity contribution < 1.29 is 18.3 Å². The molecule has 0 saturated carbocycles. The Balaban J connectivity index is 2.38. The van der Waals surface area contributed by atoms with Gasteiger partial charge in [0, 0.05) is 5.92 Å². The van der Waals surface area contributed by atoms with Crippen molar-refractivity contribution in [1.29, 1.82) is 0 Å². The zero-order chi connectivity index (χ0) is 13.5. The normalized spacial score (nSPS) is 22.4. The number of fused-ring (bicyclic) bond motifs is 1. The summed E-state index contributed by atoms with van der Waals surface area (Å²) < 4.78 is 24.0. The zero-order valence-electron chi connectivity index (χ0n) is 10.4. The molecule has 1 heterocycles. The van der Waals surface area contributed by atoms with Gasteiger partial charge in [0.1, 0.15) is 0 Å². The summed E-state index contributed by atoms with van der Waals surface area (Å²) in [6, 6.07) is 5.27. The smallest absolute Gasteiger partial charge is 0.306 e. The molecule has 18 heavy (non-hydrogen) atoms. The van der Waals surface area contributed by atoms with Gasteiger partial charge in [0.25, 0.3) is 0 Å². The molecular weight excluding hydrogens is 252 g/mol. The average molecular weight is 268 g/mol. The molecule has 0 aromatic heterocycles. The molecule has 1 N–H and O–H groups in total. The topological polar surface area (TPSA) is 71.4 Å².